The van der Waals surface area contributed by atoms with Gasteiger partial charge in [0.05, 0.1) is 17.3 Å². The SMILES string of the molecule is Cc1c(C(=O)Nc2ccc(N3CCN(Cc4ccccc4)CC3)cc2)cnn1C(C)(C)C. The van der Waals surface area contributed by atoms with Crippen LogP contribution in [0.4, 0.5) is 11.4 Å². The van der Waals surface area contributed by atoms with Gasteiger partial charge in [-0.25, -0.2) is 0 Å². The van der Waals surface area contributed by atoms with E-state index in [0.29, 0.717) is 5.56 Å². The summed E-state index contributed by atoms with van der Waals surface area (Å²) >= 11 is 0. The minimum atomic E-state index is -0.157. The molecule has 1 fully saturated rings. The van der Waals surface area contributed by atoms with Crippen molar-refractivity contribution in [2.75, 3.05) is 36.4 Å². The van der Waals surface area contributed by atoms with Crippen LogP contribution >= 0.6 is 0 Å². The van der Waals surface area contributed by atoms with E-state index < -0.39 is 0 Å². The third-order valence-electron chi connectivity index (χ3n) is 6.00. The first-order valence-electron chi connectivity index (χ1n) is 11.3. The van der Waals surface area contributed by atoms with Gasteiger partial charge in [-0.05, 0) is 57.5 Å². The molecule has 6 heteroatoms. The van der Waals surface area contributed by atoms with Crippen molar-refractivity contribution in [1.29, 1.82) is 0 Å². The fraction of sp³-hybridized carbons (Fsp3) is 0.385. The molecule has 1 aromatic heterocycles. The summed E-state index contributed by atoms with van der Waals surface area (Å²) in [5.41, 5.74) is 4.68. The van der Waals surface area contributed by atoms with Crippen molar-refractivity contribution >= 4 is 17.3 Å². The van der Waals surface area contributed by atoms with E-state index in [1.165, 1.54) is 11.3 Å². The summed E-state index contributed by atoms with van der Waals surface area (Å²) in [5.74, 6) is -0.125. The molecule has 0 spiro atoms. The van der Waals surface area contributed by atoms with Gasteiger partial charge >= 0.3 is 0 Å². The Kier molecular flexibility index (Phi) is 6.33. The lowest BCUT2D eigenvalue weighted by Gasteiger charge is -2.36. The normalized spacial score (nSPS) is 15.1. The molecule has 0 radical (unpaired) electrons. The van der Waals surface area contributed by atoms with Gasteiger partial charge in [0.1, 0.15) is 0 Å². The molecule has 1 amide bonds. The standard InChI is InChI=1S/C26H33N5O/c1-20-24(18-27-31(20)26(2,3)4)25(32)28-22-10-12-23(13-11-22)30-16-14-29(15-17-30)19-21-8-6-5-7-9-21/h5-13,18H,14-17,19H2,1-4H3,(H,28,32). The summed E-state index contributed by atoms with van der Waals surface area (Å²) in [6, 6.07) is 18.8. The highest BCUT2D eigenvalue weighted by atomic mass is 16.1. The van der Waals surface area contributed by atoms with E-state index in [2.05, 4.69) is 83.5 Å². The summed E-state index contributed by atoms with van der Waals surface area (Å²) in [7, 11) is 0. The van der Waals surface area contributed by atoms with Gasteiger partial charge in [-0.15, -0.1) is 0 Å². The van der Waals surface area contributed by atoms with Crippen molar-refractivity contribution in [2.45, 2.75) is 39.8 Å². The van der Waals surface area contributed by atoms with Crippen LogP contribution in [0.25, 0.3) is 0 Å². The smallest absolute Gasteiger partial charge is 0.259 e. The van der Waals surface area contributed by atoms with Crippen LogP contribution in [0, 0.1) is 6.92 Å². The van der Waals surface area contributed by atoms with Crippen molar-refractivity contribution in [2.24, 2.45) is 0 Å². The van der Waals surface area contributed by atoms with Crippen LogP contribution in [-0.4, -0.2) is 46.8 Å². The minimum absolute atomic E-state index is 0.125. The molecule has 32 heavy (non-hydrogen) atoms. The van der Waals surface area contributed by atoms with E-state index in [1.807, 2.05) is 23.7 Å². The number of hydrogen-bond acceptors (Lipinski definition) is 4. The minimum Gasteiger partial charge on any atom is -0.369 e. The maximum absolute atomic E-state index is 12.8. The predicted molar refractivity (Wildman–Crippen MR) is 130 cm³/mol. The van der Waals surface area contributed by atoms with Gasteiger partial charge in [-0.3, -0.25) is 14.4 Å². The number of rotatable bonds is 5. The van der Waals surface area contributed by atoms with E-state index in [9.17, 15) is 4.79 Å². The van der Waals surface area contributed by atoms with Gasteiger partial charge in [-0.2, -0.15) is 5.10 Å². The van der Waals surface area contributed by atoms with Crippen LogP contribution in [0.5, 0.6) is 0 Å². The summed E-state index contributed by atoms with van der Waals surface area (Å²) in [6.45, 7) is 13.3. The van der Waals surface area contributed by atoms with Gasteiger partial charge in [0.15, 0.2) is 0 Å². The molecule has 1 N–H and O–H groups in total. The van der Waals surface area contributed by atoms with Gasteiger partial charge in [0, 0.05) is 49.8 Å². The molecule has 6 nitrogen and oxygen atoms in total. The number of piperazine rings is 1. The van der Waals surface area contributed by atoms with Crippen LogP contribution in [0.1, 0.15) is 42.4 Å². The zero-order valence-electron chi connectivity index (χ0n) is 19.5. The topological polar surface area (TPSA) is 53.4 Å². The molecule has 0 bridgehead atoms. The number of carbonyl (C=O) groups excluding carboxylic acids is 1. The average Bonchev–Trinajstić information content (AvgIpc) is 3.18. The molecule has 2 aromatic carbocycles. The number of hydrogen-bond donors (Lipinski definition) is 1. The highest BCUT2D eigenvalue weighted by Gasteiger charge is 2.22. The first-order chi connectivity index (χ1) is 15.3. The van der Waals surface area contributed by atoms with Crippen molar-refractivity contribution in [3.8, 4) is 0 Å². The van der Waals surface area contributed by atoms with E-state index in [-0.39, 0.29) is 11.4 Å². The monoisotopic (exact) mass is 431 g/mol. The lowest BCUT2D eigenvalue weighted by Crippen LogP contribution is -2.45. The first kappa shape index (κ1) is 22.1. The van der Waals surface area contributed by atoms with Crippen LogP contribution in [0.15, 0.2) is 60.8 Å². The molecule has 0 atom stereocenters. The molecule has 1 aliphatic rings. The Morgan fingerprint density at radius 1 is 0.969 bits per heavy atom. The second-order valence-corrected chi connectivity index (χ2v) is 9.48. The molecule has 0 aliphatic carbocycles. The molecule has 4 rings (SSSR count). The number of amides is 1. The average molecular weight is 432 g/mol. The first-order valence-corrected chi connectivity index (χ1v) is 11.3. The van der Waals surface area contributed by atoms with Gasteiger partial charge in [0.25, 0.3) is 5.91 Å². The zero-order valence-corrected chi connectivity index (χ0v) is 19.5. The van der Waals surface area contributed by atoms with Crippen LogP contribution in [0.2, 0.25) is 0 Å². The fourth-order valence-corrected chi connectivity index (χ4v) is 4.27. The number of nitrogens with one attached hydrogen (secondary N) is 1. The van der Waals surface area contributed by atoms with Crippen molar-refractivity contribution in [3.05, 3.63) is 77.6 Å². The van der Waals surface area contributed by atoms with E-state index in [0.717, 1.165) is 44.1 Å². The molecular weight excluding hydrogens is 398 g/mol. The lowest BCUT2D eigenvalue weighted by molar-refractivity contribution is 0.102. The fourth-order valence-electron chi connectivity index (χ4n) is 4.27. The Bertz CT molecular complexity index is 1040. The highest BCUT2D eigenvalue weighted by Crippen LogP contribution is 2.22. The molecular formula is C26H33N5O. The molecule has 0 unspecified atom stereocenters. The molecule has 0 saturated carbocycles. The Morgan fingerprint density at radius 3 is 2.22 bits per heavy atom. The Labute approximate surface area is 190 Å². The third kappa shape index (κ3) is 5.02. The maximum atomic E-state index is 12.8. The number of benzene rings is 2. The van der Waals surface area contributed by atoms with Crippen molar-refractivity contribution < 1.29 is 4.79 Å². The summed E-state index contributed by atoms with van der Waals surface area (Å²) in [4.78, 5) is 17.7. The highest BCUT2D eigenvalue weighted by molar-refractivity contribution is 6.05. The quantitative estimate of drug-likeness (QED) is 0.645. The van der Waals surface area contributed by atoms with E-state index >= 15 is 0 Å². The Balaban J connectivity index is 1.33. The second-order valence-electron chi connectivity index (χ2n) is 9.48. The van der Waals surface area contributed by atoms with E-state index in [1.54, 1.807) is 6.20 Å². The molecule has 1 saturated heterocycles. The maximum Gasteiger partial charge on any atom is 0.259 e. The summed E-state index contributed by atoms with van der Waals surface area (Å²) in [6.07, 6.45) is 1.65. The van der Waals surface area contributed by atoms with Crippen molar-refractivity contribution in [3.63, 3.8) is 0 Å². The molecule has 2 heterocycles. The van der Waals surface area contributed by atoms with Crippen LogP contribution in [-0.2, 0) is 12.1 Å². The molecule has 3 aromatic rings. The van der Waals surface area contributed by atoms with Crippen LogP contribution in [0.3, 0.4) is 0 Å². The second kappa shape index (κ2) is 9.17. The number of nitrogens with zero attached hydrogens (tertiary/aromatic N) is 4. The van der Waals surface area contributed by atoms with Crippen LogP contribution < -0.4 is 10.2 Å². The zero-order chi connectivity index (χ0) is 22.7. The van der Waals surface area contributed by atoms with Gasteiger partial charge < -0.3 is 10.2 Å². The largest absolute Gasteiger partial charge is 0.369 e. The predicted octanol–water partition coefficient (Wildman–Crippen LogP) is 4.52. The van der Waals surface area contributed by atoms with Gasteiger partial charge in [0.2, 0.25) is 0 Å². The third-order valence-corrected chi connectivity index (χ3v) is 6.00. The number of aromatic nitrogens is 2. The van der Waals surface area contributed by atoms with E-state index in [4.69, 9.17) is 0 Å². The van der Waals surface area contributed by atoms with Crippen molar-refractivity contribution in [1.82, 2.24) is 14.7 Å². The molecule has 1 aliphatic heterocycles. The number of anilines is 2. The van der Waals surface area contributed by atoms with Gasteiger partial charge in [-0.1, -0.05) is 30.3 Å². The molecule has 168 valence electrons. The summed E-state index contributed by atoms with van der Waals surface area (Å²) in [5, 5.41) is 7.41. The summed E-state index contributed by atoms with van der Waals surface area (Å²) < 4.78 is 1.89. The lowest BCUT2D eigenvalue weighted by atomic mass is 10.1. The number of carbonyl (C=O) groups is 1. The Morgan fingerprint density at radius 2 is 1.62 bits per heavy atom. The Hall–Kier alpha value is -3.12.